The van der Waals surface area contributed by atoms with E-state index in [0.717, 1.165) is 11.8 Å². The molecule has 1 saturated carbocycles. The first-order valence-corrected chi connectivity index (χ1v) is 8.89. The minimum Gasteiger partial charge on any atom is -0.309 e. The van der Waals surface area contributed by atoms with Crippen molar-refractivity contribution in [2.24, 2.45) is 11.8 Å². The van der Waals surface area contributed by atoms with Crippen LogP contribution in [0.4, 0.5) is 0 Å². The highest BCUT2D eigenvalue weighted by molar-refractivity contribution is 7.12. The number of rotatable bonds is 4. The summed E-state index contributed by atoms with van der Waals surface area (Å²) in [6.45, 7) is 5.96. The number of hydrogen-bond donors (Lipinski definition) is 1. The van der Waals surface area contributed by atoms with Gasteiger partial charge >= 0.3 is 0 Å². The fraction of sp³-hybridized carbons (Fsp3) is 0.765. The van der Waals surface area contributed by atoms with Crippen molar-refractivity contribution >= 4 is 11.3 Å². The molecule has 1 aromatic rings. The molecule has 2 aliphatic rings. The van der Waals surface area contributed by atoms with Crippen molar-refractivity contribution in [1.29, 1.82) is 0 Å². The van der Waals surface area contributed by atoms with Crippen LogP contribution in [0.2, 0.25) is 0 Å². The summed E-state index contributed by atoms with van der Waals surface area (Å²) >= 11 is 2.06. The van der Waals surface area contributed by atoms with Crippen LogP contribution >= 0.6 is 11.3 Å². The largest absolute Gasteiger partial charge is 0.309 e. The second-order valence-corrected chi connectivity index (χ2v) is 7.89. The van der Waals surface area contributed by atoms with Crippen molar-refractivity contribution in [3.63, 3.8) is 0 Å². The Morgan fingerprint density at radius 3 is 2.89 bits per heavy atom. The lowest BCUT2D eigenvalue weighted by atomic mass is 9.99. The maximum atomic E-state index is 3.78. The van der Waals surface area contributed by atoms with Gasteiger partial charge in [0.2, 0.25) is 0 Å². The Hall–Kier alpha value is -0.340. The van der Waals surface area contributed by atoms with Gasteiger partial charge in [-0.15, -0.1) is 11.3 Å². The maximum absolute atomic E-state index is 3.78. The highest BCUT2D eigenvalue weighted by Crippen LogP contribution is 2.34. The van der Waals surface area contributed by atoms with Crippen molar-refractivity contribution < 1.29 is 0 Å². The van der Waals surface area contributed by atoms with E-state index in [0.29, 0.717) is 6.04 Å². The van der Waals surface area contributed by atoms with Crippen LogP contribution in [0.1, 0.15) is 67.3 Å². The Kier molecular flexibility index (Phi) is 4.28. The molecule has 1 heterocycles. The fourth-order valence-corrected chi connectivity index (χ4v) is 4.97. The lowest BCUT2D eigenvalue weighted by molar-refractivity contribution is 0.442. The minimum absolute atomic E-state index is 0.548. The number of nitrogens with one attached hydrogen (secondary N) is 1. The van der Waals surface area contributed by atoms with E-state index >= 15 is 0 Å². The van der Waals surface area contributed by atoms with Gasteiger partial charge in [-0.05, 0) is 75.5 Å². The molecule has 0 radical (unpaired) electrons. The lowest BCUT2D eigenvalue weighted by Gasteiger charge is -2.16. The van der Waals surface area contributed by atoms with Crippen LogP contribution in [-0.4, -0.2) is 6.54 Å². The van der Waals surface area contributed by atoms with Gasteiger partial charge in [0.25, 0.3) is 0 Å². The molecular formula is C17H27NS. The number of aryl methyl sites for hydroxylation is 2. The van der Waals surface area contributed by atoms with E-state index in [-0.39, 0.29) is 0 Å². The van der Waals surface area contributed by atoms with Crippen molar-refractivity contribution in [1.82, 2.24) is 5.32 Å². The van der Waals surface area contributed by atoms with Crippen molar-refractivity contribution in [2.75, 3.05) is 6.54 Å². The Morgan fingerprint density at radius 2 is 2.16 bits per heavy atom. The third-order valence-electron chi connectivity index (χ3n) is 4.96. The molecule has 2 aliphatic carbocycles. The molecule has 1 fully saturated rings. The van der Waals surface area contributed by atoms with Gasteiger partial charge in [0.15, 0.2) is 0 Å². The van der Waals surface area contributed by atoms with Gasteiger partial charge < -0.3 is 5.32 Å². The zero-order valence-electron chi connectivity index (χ0n) is 12.4. The number of fused-ring (bicyclic) bond motifs is 1. The predicted octanol–water partition coefficient (Wildman–Crippen LogP) is 4.71. The molecule has 3 unspecified atom stereocenters. The highest BCUT2D eigenvalue weighted by atomic mass is 32.1. The Bertz CT molecular complexity index is 399. The van der Waals surface area contributed by atoms with Crippen LogP contribution < -0.4 is 5.32 Å². The standard InChI is InChI=1S/C17H27NS/c1-12-7-8-14(9-12)11-18-13(2)17-10-15-5-3-4-6-16(15)19-17/h10,12-14,18H,3-9,11H2,1-2H3. The van der Waals surface area contributed by atoms with Crippen molar-refractivity contribution in [3.8, 4) is 0 Å². The molecule has 19 heavy (non-hydrogen) atoms. The molecule has 1 N–H and O–H groups in total. The molecule has 106 valence electrons. The summed E-state index contributed by atoms with van der Waals surface area (Å²) in [7, 11) is 0. The first-order chi connectivity index (χ1) is 9.22. The van der Waals surface area contributed by atoms with Gasteiger partial charge in [-0.25, -0.2) is 0 Å². The first-order valence-electron chi connectivity index (χ1n) is 8.07. The average molecular weight is 277 g/mol. The second-order valence-electron chi connectivity index (χ2n) is 6.72. The molecule has 0 aromatic carbocycles. The summed E-state index contributed by atoms with van der Waals surface area (Å²) < 4.78 is 0. The Labute approximate surface area is 121 Å². The average Bonchev–Trinajstić information content (AvgIpc) is 3.01. The minimum atomic E-state index is 0.548. The smallest absolute Gasteiger partial charge is 0.0386 e. The van der Waals surface area contributed by atoms with Gasteiger partial charge in [-0.1, -0.05) is 13.3 Å². The maximum Gasteiger partial charge on any atom is 0.0386 e. The summed E-state index contributed by atoms with van der Waals surface area (Å²) in [6.07, 6.45) is 9.74. The highest BCUT2D eigenvalue weighted by Gasteiger charge is 2.22. The Balaban J connectivity index is 1.55. The predicted molar refractivity (Wildman–Crippen MR) is 83.9 cm³/mol. The van der Waals surface area contributed by atoms with Gasteiger partial charge in [0, 0.05) is 15.8 Å². The molecule has 2 heteroatoms. The second kappa shape index (κ2) is 5.97. The summed E-state index contributed by atoms with van der Waals surface area (Å²) in [5.74, 6) is 1.88. The first kappa shape index (κ1) is 13.6. The zero-order chi connectivity index (χ0) is 13.2. The van der Waals surface area contributed by atoms with Crippen LogP contribution in [0.3, 0.4) is 0 Å². The monoisotopic (exact) mass is 277 g/mol. The third kappa shape index (κ3) is 3.22. The molecule has 1 nitrogen and oxygen atoms in total. The van der Waals surface area contributed by atoms with E-state index < -0.39 is 0 Å². The van der Waals surface area contributed by atoms with Crippen molar-refractivity contribution in [2.45, 2.75) is 64.8 Å². The molecule has 0 aliphatic heterocycles. The Morgan fingerprint density at radius 1 is 1.32 bits per heavy atom. The van der Waals surface area contributed by atoms with Gasteiger partial charge in [-0.3, -0.25) is 0 Å². The molecule has 0 amide bonds. The zero-order valence-corrected chi connectivity index (χ0v) is 13.2. The van der Waals surface area contributed by atoms with E-state index in [1.165, 1.54) is 51.5 Å². The molecular weight excluding hydrogens is 250 g/mol. The van der Waals surface area contributed by atoms with Crippen LogP contribution in [0, 0.1) is 11.8 Å². The molecule has 0 bridgehead atoms. The SMILES string of the molecule is CC1CCC(CNC(C)c2cc3c(s2)CCCC3)C1. The number of hydrogen-bond acceptors (Lipinski definition) is 2. The van der Waals surface area contributed by atoms with Crippen molar-refractivity contribution in [3.05, 3.63) is 21.4 Å². The van der Waals surface area contributed by atoms with Gasteiger partial charge in [0.05, 0.1) is 0 Å². The van der Waals surface area contributed by atoms with Crippen LogP contribution in [-0.2, 0) is 12.8 Å². The van der Waals surface area contributed by atoms with E-state index in [4.69, 9.17) is 0 Å². The lowest BCUT2D eigenvalue weighted by Crippen LogP contribution is -2.24. The summed E-state index contributed by atoms with van der Waals surface area (Å²) in [6, 6.07) is 3.03. The molecule has 0 saturated heterocycles. The van der Waals surface area contributed by atoms with Gasteiger partial charge in [0.1, 0.15) is 0 Å². The fourth-order valence-electron chi connectivity index (χ4n) is 3.68. The third-order valence-corrected chi connectivity index (χ3v) is 6.38. The van der Waals surface area contributed by atoms with Crippen LogP contribution in [0.5, 0.6) is 0 Å². The van der Waals surface area contributed by atoms with Crippen LogP contribution in [0.25, 0.3) is 0 Å². The molecule has 3 atom stereocenters. The molecule has 1 aromatic heterocycles. The summed E-state index contributed by atoms with van der Waals surface area (Å²) in [5, 5.41) is 3.78. The molecule has 0 spiro atoms. The summed E-state index contributed by atoms with van der Waals surface area (Å²) in [4.78, 5) is 3.24. The van der Waals surface area contributed by atoms with E-state index in [9.17, 15) is 0 Å². The van der Waals surface area contributed by atoms with Gasteiger partial charge in [-0.2, -0.15) is 0 Å². The van der Waals surface area contributed by atoms with E-state index in [1.807, 2.05) is 0 Å². The van der Waals surface area contributed by atoms with E-state index in [2.05, 4.69) is 36.6 Å². The summed E-state index contributed by atoms with van der Waals surface area (Å²) in [5.41, 5.74) is 1.65. The van der Waals surface area contributed by atoms with Crippen LogP contribution in [0.15, 0.2) is 6.07 Å². The normalized spacial score (nSPS) is 28.3. The van der Waals surface area contributed by atoms with E-state index in [1.54, 1.807) is 15.3 Å². The topological polar surface area (TPSA) is 12.0 Å². The molecule has 3 rings (SSSR count). The quantitative estimate of drug-likeness (QED) is 0.840. The number of thiophene rings is 1.